The molecule has 112 valence electrons. The number of hydrogen-bond donors (Lipinski definition) is 1. The van der Waals surface area contributed by atoms with E-state index in [1.54, 1.807) is 14.2 Å². The van der Waals surface area contributed by atoms with Crippen molar-refractivity contribution in [3.63, 3.8) is 0 Å². The van der Waals surface area contributed by atoms with Crippen molar-refractivity contribution in [3.05, 3.63) is 42.0 Å². The highest BCUT2D eigenvalue weighted by atomic mass is 35.5. The van der Waals surface area contributed by atoms with Crippen LogP contribution in [0.3, 0.4) is 0 Å². The summed E-state index contributed by atoms with van der Waals surface area (Å²) in [4.78, 5) is 0.769. The predicted octanol–water partition coefficient (Wildman–Crippen LogP) is 4.42. The SMILES string of the molecule is COc1cc(-c2ccc(C)cc2)c(OC)cc1S.Cl.N#N. The van der Waals surface area contributed by atoms with Crippen LogP contribution in [-0.2, 0) is 0 Å². The standard InChI is InChI=1S/C15H16O2S.ClH.N2/c1-10-4-6-11(7-5-10)12-8-14(17-3)15(18)9-13(12)16-2;;1-2/h4-9,18H,1-3H3;1H;. The fourth-order valence-corrected chi connectivity index (χ4v) is 2.11. The molecule has 0 aliphatic carbocycles. The van der Waals surface area contributed by atoms with Crippen LogP contribution in [0.2, 0.25) is 0 Å². The van der Waals surface area contributed by atoms with Crippen molar-refractivity contribution in [1.29, 1.82) is 10.8 Å². The van der Waals surface area contributed by atoms with Crippen LogP contribution < -0.4 is 9.47 Å². The van der Waals surface area contributed by atoms with Crippen molar-refractivity contribution >= 4 is 25.0 Å². The van der Waals surface area contributed by atoms with E-state index in [0.717, 1.165) is 27.5 Å². The normalized spacial score (nSPS) is 8.86. The molecule has 0 amide bonds. The summed E-state index contributed by atoms with van der Waals surface area (Å²) in [6.45, 7) is 2.07. The summed E-state index contributed by atoms with van der Waals surface area (Å²) < 4.78 is 10.7. The Kier molecular flexibility index (Phi) is 8.29. The minimum atomic E-state index is 0. The van der Waals surface area contributed by atoms with Crippen molar-refractivity contribution in [2.45, 2.75) is 11.8 Å². The Bertz CT molecular complexity index is 601. The molecule has 0 spiro atoms. The number of ether oxygens (including phenoxy) is 2. The topological polar surface area (TPSA) is 66.0 Å². The van der Waals surface area contributed by atoms with Gasteiger partial charge in [-0.15, -0.1) is 25.0 Å². The third-order valence-corrected chi connectivity index (χ3v) is 3.21. The van der Waals surface area contributed by atoms with Crippen LogP contribution in [0.15, 0.2) is 41.3 Å². The van der Waals surface area contributed by atoms with Gasteiger partial charge in [0.05, 0.1) is 14.2 Å². The molecule has 0 aliphatic rings. The molecule has 0 saturated heterocycles. The zero-order chi connectivity index (χ0) is 15.1. The predicted molar refractivity (Wildman–Crippen MR) is 87.7 cm³/mol. The fourth-order valence-electron chi connectivity index (χ4n) is 1.84. The molecule has 2 aromatic rings. The molecule has 2 aromatic carbocycles. The molecule has 0 aliphatic heterocycles. The maximum absolute atomic E-state index is 6.00. The molecule has 2 rings (SSSR count). The van der Waals surface area contributed by atoms with Crippen LogP contribution in [0.4, 0.5) is 0 Å². The van der Waals surface area contributed by atoms with Crippen LogP contribution in [0, 0.1) is 17.7 Å². The van der Waals surface area contributed by atoms with Crippen molar-refractivity contribution < 1.29 is 9.47 Å². The van der Waals surface area contributed by atoms with Gasteiger partial charge in [0.25, 0.3) is 0 Å². The number of benzene rings is 2. The fraction of sp³-hybridized carbons (Fsp3) is 0.200. The number of rotatable bonds is 3. The van der Waals surface area contributed by atoms with E-state index in [0.29, 0.717) is 0 Å². The lowest BCUT2D eigenvalue weighted by Gasteiger charge is -2.13. The zero-order valence-corrected chi connectivity index (χ0v) is 13.7. The minimum Gasteiger partial charge on any atom is -0.496 e. The summed E-state index contributed by atoms with van der Waals surface area (Å²) in [5.74, 6) is 1.54. The third-order valence-electron chi connectivity index (χ3n) is 2.86. The largest absolute Gasteiger partial charge is 0.496 e. The lowest BCUT2D eigenvalue weighted by Crippen LogP contribution is -1.92. The van der Waals surface area contributed by atoms with Crippen LogP contribution in [0.25, 0.3) is 11.1 Å². The van der Waals surface area contributed by atoms with E-state index >= 15 is 0 Å². The van der Waals surface area contributed by atoms with E-state index in [1.807, 2.05) is 12.1 Å². The molecule has 21 heavy (non-hydrogen) atoms. The Hall–Kier alpha value is -1.90. The van der Waals surface area contributed by atoms with Crippen LogP contribution in [-0.4, -0.2) is 14.2 Å². The average molecular weight is 325 g/mol. The molecule has 0 bridgehead atoms. The van der Waals surface area contributed by atoms with Gasteiger partial charge >= 0.3 is 0 Å². The highest BCUT2D eigenvalue weighted by molar-refractivity contribution is 7.80. The first-order valence-electron chi connectivity index (χ1n) is 5.87. The molecule has 4 nitrogen and oxygen atoms in total. The maximum Gasteiger partial charge on any atom is 0.133 e. The number of thiol groups is 1. The summed E-state index contributed by atoms with van der Waals surface area (Å²) in [5, 5.41) is 12.0. The van der Waals surface area contributed by atoms with E-state index in [4.69, 9.17) is 20.3 Å². The molecule has 0 saturated carbocycles. The van der Waals surface area contributed by atoms with E-state index in [2.05, 4.69) is 43.8 Å². The highest BCUT2D eigenvalue weighted by Gasteiger charge is 2.10. The number of nitrogens with zero attached hydrogens (tertiary/aromatic N) is 2. The van der Waals surface area contributed by atoms with Crippen molar-refractivity contribution in [2.75, 3.05) is 14.2 Å². The van der Waals surface area contributed by atoms with E-state index in [-0.39, 0.29) is 12.4 Å². The Balaban J connectivity index is 0.00000128. The Morgan fingerprint density at radius 2 is 1.43 bits per heavy atom. The second-order valence-electron chi connectivity index (χ2n) is 4.09. The van der Waals surface area contributed by atoms with Gasteiger partial charge in [-0.2, -0.15) is 0 Å². The van der Waals surface area contributed by atoms with Gasteiger partial charge in [-0.1, -0.05) is 29.8 Å². The molecule has 0 fully saturated rings. The Morgan fingerprint density at radius 1 is 0.905 bits per heavy atom. The molecular weight excluding hydrogens is 308 g/mol. The first-order valence-corrected chi connectivity index (χ1v) is 6.32. The number of aryl methyl sites for hydroxylation is 1. The Labute approximate surface area is 136 Å². The molecule has 0 atom stereocenters. The van der Waals surface area contributed by atoms with Gasteiger partial charge in [-0.3, -0.25) is 0 Å². The zero-order valence-electron chi connectivity index (χ0n) is 12.0. The lowest BCUT2D eigenvalue weighted by molar-refractivity contribution is 0.395. The molecular formula is C15H17ClN2O2S. The average Bonchev–Trinajstić information content (AvgIpc) is 2.50. The third kappa shape index (κ3) is 4.55. The van der Waals surface area contributed by atoms with Gasteiger partial charge in [-0.05, 0) is 24.6 Å². The van der Waals surface area contributed by atoms with Gasteiger partial charge in [0.1, 0.15) is 11.5 Å². The van der Waals surface area contributed by atoms with Gasteiger partial charge in [0, 0.05) is 21.2 Å². The van der Waals surface area contributed by atoms with Crippen molar-refractivity contribution in [1.82, 2.24) is 0 Å². The second kappa shape index (κ2) is 9.11. The van der Waals surface area contributed by atoms with Gasteiger partial charge < -0.3 is 9.47 Å². The van der Waals surface area contributed by atoms with Gasteiger partial charge in [0.2, 0.25) is 0 Å². The van der Waals surface area contributed by atoms with Crippen LogP contribution in [0.1, 0.15) is 5.56 Å². The lowest BCUT2D eigenvalue weighted by atomic mass is 10.0. The van der Waals surface area contributed by atoms with E-state index < -0.39 is 0 Å². The number of methoxy groups -OCH3 is 2. The van der Waals surface area contributed by atoms with E-state index in [9.17, 15) is 0 Å². The van der Waals surface area contributed by atoms with Crippen molar-refractivity contribution in [3.8, 4) is 22.6 Å². The number of halogens is 1. The number of hydrogen-bond acceptors (Lipinski definition) is 5. The first kappa shape index (κ1) is 19.1. The van der Waals surface area contributed by atoms with Gasteiger partial charge in [-0.25, -0.2) is 0 Å². The summed E-state index contributed by atoms with van der Waals surface area (Å²) in [6.07, 6.45) is 0. The minimum absolute atomic E-state index is 0. The summed E-state index contributed by atoms with van der Waals surface area (Å²) >= 11 is 4.37. The highest BCUT2D eigenvalue weighted by Crippen LogP contribution is 2.37. The molecule has 0 radical (unpaired) electrons. The molecule has 0 aromatic heterocycles. The van der Waals surface area contributed by atoms with E-state index in [1.165, 1.54) is 5.56 Å². The first-order chi connectivity index (χ1) is 9.65. The molecule has 0 unspecified atom stereocenters. The van der Waals surface area contributed by atoms with Crippen molar-refractivity contribution in [2.24, 2.45) is 0 Å². The van der Waals surface area contributed by atoms with Crippen LogP contribution in [0.5, 0.6) is 11.5 Å². The molecule has 6 heteroatoms. The monoisotopic (exact) mass is 324 g/mol. The van der Waals surface area contributed by atoms with Crippen LogP contribution >= 0.6 is 25.0 Å². The Morgan fingerprint density at radius 3 is 1.90 bits per heavy atom. The summed E-state index contributed by atoms with van der Waals surface area (Å²) in [6, 6.07) is 12.1. The summed E-state index contributed by atoms with van der Waals surface area (Å²) in [7, 11) is 3.30. The quantitative estimate of drug-likeness (QED) is 0.670. The molecule has 0 heterocycles. The second-order valence-corrected chi connectivity index (χ2v) is 4.57. The maximum atomic E-state index is 6.00. The molecule has 0 N–H and O–H groups in total. The smallest absolute Gasteiger partial charge is 0.133 e. The van der Waals surface area contributed by atoms with Gasteiger partial charge in [0.15, 0.2) is 0 Å². The summed E-state index contributed by atoms with van der Waals surface area (Å²) in [5.41, 5.74) is 3.34.